The second kappa shape index (κ2) is 2.91. The van der Waals surface area contributed by atoms with E-state index in [0.717, 1.165) is 0 Å². The van der Waals surface area contributed by atoms with Crippen LogP contribution in [0.1, 0.15) is 6.92 Å². The average Bonchev–Trinajstić information content (AvgIpc) is 1.35. The van der Waals surface area contributed by atoms with Gasteiger partial charge in [0.05, 0.1) is 0 Å². The Kier molecular flexibility index (Phi) is 2.77. The van der Waals surface area contributed by atoms with E-state index in [1.54, 1.807) is 6.92 Å². The summed E-state index contributed by atoms with van der Waals surface area (Å²) in [5.74, 6) is 0. The zero-order valence-electron chi connectivity index (χ0n) is 3.61. The van der Waals surface area contributed by atoms with Gasteiger partial charge >= 0.3 is 0 Å². The molecule has 0 fully saturated rings. The van der Waals surface area contributed by atoms with Gasteiger partial charge in [-0.25, -0.2) is 0 Å². The van der Waals surface area contributed by atoms with Crippen molar-refractivity contribution in [2.75, 3.05) is 0 Å². The van der Waals surface area contributed by atoms with Gasteiger partial charge < -0.3 is 0 Å². The van der Waals surface area contributed by atoms with Crippen LogP contribution in [0, 0.1) is 0 Å². The molecule has 1 nitrogen and oxygen atoms in total. The SMILES string of the molecule is C=CN=C(C)Cl. The van der Waals surface area contributed by atoms with Crippen molar-refractivity contribution in [2.45, 2.75) is 6.92 Å². The molecule has 0 radical (unpaired) electrons. The van der Waals surface area contributed by atoms with Gasteiger partial charge in [-0.3, -0.25) is 4.99 Å². The predicted molar refractivity (Wildman–Crippen MR) is 29.2 cm³/mol. The first-order valence-electron chi connectivity index (χ1n) is 1.58. The van der Waals surface area contributed by atoms with Crippen LogP contribution in [0.15, 0.2) is 17.8 Å². The standard InChI is InChI=1S/C4H6ClN/c1-3-6-4(2)5/h3H,1H2,2H3. The lowest BCUT2D eigenvalue weighted by Gasteiger charge is -1.72. The maximum atomic E-state index is 5.26. The Labute approximate surface area is 42.3 Å². The second-order valence-electron chi connectivity index (χ2n) is 0.809. The zero-order valence-corrected chi connectivity index (χ0v) is 4.37. The monoisotopic (exact) mass is 103 g/mol. The minimum Gasteiger partial charge on any atom is -0.250 e. The molecule has 0 spiro atoms. The van der Waals surface area contributed by atoms with Crippen molar-refractivity contribution < 1.29 is 0 Å². The largest absolute Gasteiger partial charge is 0.250 e. The summed E-state index contributed by atoms with van der Waals surface area (Å²) in [6, 6.07) is 0. The van der Waals surface area contributed by atoms with Crippen LogP contribution >= 0.6 is 11.6 Å². The van der Waals surface area contributed by atoms with Crippen molar-refractivity contribution in [1.29, 1.82) is 0 Å². The van der Waals surface area contributed by atoms with Crippen molar-refractivity contribution in [3.63, 3.8) is 0 Å². The van der Waals surface area contributed by atoms with Gasteiger partial charge in [0.2, 0.25) is 0 Å². The van der Waals surface area contributed by atoms with E-state index in [1.807, 2.05) is 0 Å². The van der Waals surface area contributed by atoms with E-state index in [-0.39, 0.29) is 0 Å². The van der Waals surface area contributed by atoms with E-state index in [2.05, 4.69) is 11.6 Å². The van der Waals surface area contributed by atoms with Crippen LogP contribution in [0.25, 0.3) is 0 Å². The summed E-state index contributed by atoms with van der Waals surface area (Å²) in [5, 5.41) is 0.519. The molecule has 0 atom stereocenters. The molecular weight excluding hydrogens is 97.5 g/mol. The Balaban J connectivity index is 3.41. The first-order chi connectivity index (χ1) is 2.77. The van der Waals surface area contributed by atoms with E-state index < -0.39 is 0 Å². The van der Waals surface area contributed by atoms with E-state index in [9.17, 15) is 0 Å². The first kappa shape index (κ1) is 5.70. The molecule has 0 aromatic carbocycles. The average molecular weight is 104 g/mol. The Bertz CT molecular complexity index is 71.6. The van der Waals surface area contributed by atoms with Crippen molar-refractivity contribution >= 4 is 16.8 Å². The highest BCUT2D eigenvalue weighted by Gasteiger charge is 1.68. The van der Waals surface area contributed by atoms with Crippen LogP contribution in [-0.4, -0.2) is 5.17 Å². The zero-order chi connectivity index (χ0) is 4.99. The molecule has 2 heteroatoms. The van der Waals surface area contributed by atoms with Crippen molar-refractivity contribution in [2.24, 2.45) is 4.99 Å². The third-order valence-electron chi connectivity index (χ3n) is 0.269. The predicted octanol–water partition coefficient (Wildman–Crippen LogP) is 1.79. The van der Waals surface area contributed by atoms with Crippen LogP contribution in [0.3, 0.4) is 0 Å². The van der Waals surface area contributed by atoms with Gasteiger partial charge in [0.25, 0.3) is 0 Å². The molecule has 0 aromatic rings. The first-order valence-corrected chi connectivity index (χ1v) is 1.96. The molecule has 0 N–H and O–H groups in total. The Morgan fingerprint density at radius 1 is 2.00 bits per heavy atom. The molecular formula is C4H6ClN. The van der Waals surface area contributed by atoms with E-state index in [1.165, 1.54) is 6.20 Å². The number of hydrogen-bond donors (Lipinski definition) is 0. The van der Waals surface area contributed by atoms with Crippen LogP contribution in [0.4, 0.5) is 0 Å². The summed E-state index contributed by atoms with van der Waals surface area (Å²) >= 11 is 5.26. The van der Waals surface area contributed by atoms with Crippen molar-refractivity contribution in [1.82, 2.24) is 0 Å². The minimum atomic E-state index is 0.519. The molecule has 0 aromatic heterocycles. The number of nitrogens with zero attached hydrogens (tertiary/aromatic N) is 1. The van der Waals surface area contributed by atoms with Crippen LogP contribution in [0.2, 0.25) is 0 Å². The molecule has 6 heavy (non-hydrogen) atoms. The molecule has 0 saturated heterocycles. The summed E-state index contributed by atoms with van der Waals surface area (Å²) in [5.41, 5.74) is 0. The van der Waals surface area contributed by atoms with Gasteiger partial charge in [0.1, 0.15) is 5.17 Å². The molecule has 0 saturated carbocycles. The minimum absolute atomic E-state index is 0.519. The van der Waals surface area contributed by atoms with Gasteiger partial charge in [0.15, 0.2) is 0 Å². The summed E-state index contributed by atoms with van der Waals surface area (Å²) < 4.78 is 0. The molecule has 0 heterocycles. The van der Waals surface area contributed by atoms with Gasteiger partial charge in [-0.2, -0.15) is 0 Å². The molecule has 0 aliphatic heterocycles. The summed E-state index contributed by atoms with van der Waals surface area (Å²) in [7, 11) is 0. The maximum absolute atomic E-state index is 5.26. The molecule has 0 unspecified atom stereocenters. The van der Waals surface area contributed by atoms with E-state index >= 15 is 0 Å². The summed E-state index contributed by atoms with van der Waals surface area (Å²) in [4.78, 5) is 3.57. The fraction of sp³-hybridized carbons (Fsp3) is 0.250. The molecule has 0 amide bonds. The number of aliphatic imine (C=N–C) groups is 1. The van der Waals surface area contributed by atoms with Gasteiger partial charge in [0, 0.05) is 6.20 Å². The fourth-order valence-electron chi connectivity index (χ4n) is 0.126. The van der Waals surface area contributed by atoms with E-state index in [0.29, 0.717) is 5.17 Å². The smallest absolute Gasteiger partial charge is 0.103 e. The fourth-order valence-corrected chi connectivity index (χ4v) is 0.195. The maximum Gasteiger partial charge on any atom is 0.103 e. The highest BCUT2D eigenvalue weighted by atomic mass is 35.5. The quantitative estimate of drug-likeness (QED) is 0.449. The molecule has 34 valence electrons. The Morgan fingerprint density at radius 2 is 2.50 bits per heavy atom. The molecule has 0 bridgehead atoms. The highest BCUT2D eigenvalue weighted by Crippen LogP contribution is 1.80. The lowest BCUT2D eigenvalue weighted by molar-refractivity contribution is 1.59. The van der Waals surface area contributed by atoms with Crippen molar-refractivity contribution in [3.05, 3.63) is 12.8 Å². The van der Waals surface area contributed by atoms with Gasteiger partial charge in [-0.1, -0.05) is 18.2 Å². The van der Waals surface area contributed by atoms with E-state index in [4.69, 9.17) is 11.6 Å². The third kappa shape index (κ3) is 3.70. The number of hydrogen-bond acceptors (Lipinski definition) is 1. The highest BCUT2D eigenvalue weighted by molar-refractivity contribution is 6.64. The van der Waals surface area contributed by atoms with Crippen LogP contribution in [-0.2, 0) is 0 Å². The van der Waals surface area contributed by atoms with Gasteiger partial charge in [-0.05, 0) is 6.92 Å². The second-order valence-corrected chi connectivity index (χ2v) is 1.36. The lowest BCUT2D eigenvalue weighted by Crippen LogP contribution is -1.67. The molecule has 0 rings (SSSR count). The topological polar surface area (TPSA) is 12.4 Å². The summed E-state index contributed by atoms with van der Waals surface area (Å²) in [6.45, 7) is 5.03. The van der Waals surface area contributed by atoms with Crippen LogP contribution in [0.5, 0.6) is 0 Å². The summed E-state index contributed by atoms with van der Waals surface area (Å²) in [6.07, 6.45) is 1.41. The number of halogens is 1. The van der Waals surface area contributed by atoms with Crippen LogP contribution < -0.4 is 0 Å². The Hall–Kier alpha value is -0.300. The van der Waals surface area contributed by atoms with Gasteiger partial charge in [-0.15, -0.1) is 0 Å². The third-order valence-corrected chi connectivity index (χ3v) is 0.367. The Morgan fingerprint density at radius 3 is 2.50 bits per heavy atom. The van der Waals surface area contributed by atoms with Crippen molar-refractivity contribution in [3.8, 4) is 0 Å². The normalized spacial score (nSPS) is 11.3. The molecule has 0 aliphatic rings. The number of rotatable bonds is 1. The molecule has 0 aliphatic carbocycles. The lowest BCUT2D eigenvalue weighted by atomic mass is 10.8.